The van der Waals surface area contributed by atoms with Crippen molar-refractivity contribution in [1.82, 2.24) is 10.2 Å². The topological polar surface area (TPSA) is 64.9 Å². The molecule has 0 aromatic heterocycles. The van der Waals surface area contributed by atoms with E-state index >= 15 is 0 Å². The van der Waals surface area contributed by atoms with Crippen LogP contribution in [-0.4, -0.2) is 47.4 Å². The molecule has 1 atom stereocenters. The molecule has 1 unspecified atom stereocenters. The molecule has 2 N–H and O–H groups in total. The third-order valence-corrected chi connectivity index (χ3v) is 3.52. The van der Waals surface area contributed by atoms with Crippen molar-refractivity contribution in [2.45, 2.75) is 52.0 Å². The van der Waals surface area contributed by atoms with Crippen LogP contribution < -0.4 is 5.32 Å². The zero-order valence-corrected chi connectivity index (χ0v) is 11.5. The fourth-order valence-corrected chi connectivity index (χ4v) is 2.17. The lowest BCUT2D eigenvalue weighted by molar-refractivity contribution is -0.125. The van der Waals surface area contributed by atoms with Crippen molar-refractivity contribution in [1.29, 1.82) is 0 Å². The van der Waals surface area contributed by atoms with Crippen LogP contribution >= 0.6 is 0 Å². The molecule has 1 heterocycles. The second-order valence-electron chi connectivity index (χ2n) is 4.88. The van der Waals surface area contributed by atoms with Gasteiger partial charge in [0.2, 0.25) is 5.91 Å². The maximum absolute atomic E-state index is 11.9. The van der Waals surface area contributed by atoms with Gasteiger partial charge in [0.15, 0.2) is 0 Å². The molecule has 0 bridgehead atoms. The molecule has 0 aromatic carbocycles. The largest absolute Gasteiger partial charge is 0.411 e. The Morgan fingerprint density at radius 3 is 2.67 bits per heavy atom. The first kappa shape index (κ1) is 15.0. The van der Waals surface area contributed by atoms with E-state index in [2.05, 4.69) is 22.3 Å². The van der Waals surface area contributed by atoms with Crippen molar-refractivity contribution < 1.29 is 10.0 Å². The summed E-state index contributed by atoms with van der Waals surface area (Å²) in [5, 5.41) is 14.9. The van der Waals surface area contributed by atoms with Gasteiger partial charge in [-0.05, 0) is 13.3 Å². The fraction of sp³-hybridized carbons (Fsp3) is 0.846. The van der Waals surface area contributed by atoms with Gasteiger partial charge in [0.25, 0.3) is 0 Å². The molecule has 1 aliphatic rings. The molecule has 18 heavy (non-hydrogen) atoms. The quantitative estimate of drug-likeness (QED) is 0.430. The maximum atomic E-state index is 11.9. The number of rotatable bonds is 6. The Bertz CT molecular complexity index is 282. The van der Waals surface area contributed by atoms with Crippen LogP contribution in [0.5, 0.6) is 0 Å². The zero-order chi connectivity index (χ0) is 13.4. The van der Waals surface area contributed by atoms with Crippen LogP contribution in [0.3, 0.4) is 0 Å². The molecule has 1 rings (SSSR count). The summed E-state index contributed by atoms with van der Waals surface area (Å²) in [6.45, 7) is 6.45. The number of carbonyl (C=O) groups excluding carboxylic acids is 1. The summed E-state index contributed by atoms with van der Waals surface area (Å²) < 4.78 is 0. The monoisotopic (exact) mass is 255 g/mol. The van der Waals surface area contributed by atoms with Gasteiger partial charge in [0.05, 0.1) is 11.8 Å². The lowest BCUT2D eigenvalue weighted by Crippen LogP contribution is -2.48. The number of piperidine rings is 1. The highest BCUT2D eigenvalue weighted by atomic mass is 16.4. The van der Waals surface area contributed by atoms with Crippen LogP contribution in [0.2, 0.25) is 0 Å². The molecule has 1 fully saturated rings. The van der Waals surface area contributed by atoms with Gasteiger partial charge in [-0.15, -0.1) is 0 Å². The number of carbonyl (C=O) groups is 1. The highest BCUT2D eigenvalue weighted by Crippen LogP contribution is 2.10. The number of unbranched alkanes of at least 4 members (excludes halogenated alkanes) is 2. The molecule has 1 saturated heterocycles. The Morgan fingerprint density at radius 2 is 2.11 bits per heavy atom. The van der Waals surface area contributed by atoms with Crippen LogP contribution in [0, 0.1) is 0 Å². The lowest BCUT2D eigenvalue weighted by Gasteiger charge is -2.31. The van der Waals surface area contributed by atoms with Gasteiger partial charge in [0.1, 0.15) is 0 Å². The van der Waals surface area contributed by atoms with Crippen molar-refractivity contribution in [3.05, 3.63) is 0 Å². The number of hydrogen-bond donors (Lipinski definition) is 2. The van der Waals surface area contributed by atoms with Crippen LogP contribution in [0.4, 0.5) is 0 Å². The van der Waals surface area contributed by atoms with Gasteiger partial charge in [-0.3, -0.25) is 9.69 Å². The average Bonchev–Trinajstić information content (AvgIpc) is 2.42. The smallest absolute Gasteiger partial charge is 0.237 e. The Kier molecular flexibility index (Phi) is 6.72. The van der Waals surface area contributed by atoms with Crippen molar-refractivity contribution in [2.24, 2.45) is 5.16 Å². The summed E-state index contributed by atoms with van der Waals surface area (Å²) in [6, 6.07) is -0.0909. The van der Waals surface area contributed by atoms with Crippen LogP contribution in [-0.2, 0) is 4.79 Å². The summed E-state index contributed by atoms with van der Waals surface area (Å²) in [5.41, 5.74) is 0.835. The van der Waals surface area contributed by atoms with E-state index < -0.39 is 0 Å². The lowest BCUT2D eigenvalue weighted by atomic mass is 10.1. The van der Waals surface area contributed by atoms with Crippen molar-refractivity contribution in [2.75, 3.05) is 19.6 Å². The normalized spacial score (nSPS) is 18.4. The van der Waals surface area contributed by atoms with Crippen molar-refractivity contribution >= 4 is 11.6 Å². The van der Waals surface area contributed by atoms with Crippen molar-refractivity contribution in [3.63, 3.8) is 0 Å². The summed E-state index contributed by atoms with van der Waals surface area (Å²) in [6.07, 6.45) is 4.89. The Hall–Kier alpha value is -1.10. The Morgan fingerprint density at radius 1 is 1.44 bits per heavy atom. The van der Waals surface area contributed by atoms with E-state index in [1.54, 1.807) is 0 Å². The molecule has 0 aliphatic carbocycles. The third-order valence-electron chi connectivity index (χ3n) is 3.52. The number of hydrogen-bond acceptors (Lipinski definition) is 4. The molecule has 5 heteroatoms. The van der Waals surface area contributed by atoms with Gasteiger partial charge >= 0.3 is 0 Å². The molecular formula is C13H25N3O2. The molecular weight excluding hydrogens is 230 g/mol. The van der Waals surface area contributed by atoms with Gasteiger partial charge in [0, 0.05) is 32.5 Å². The predicted octanol–water partition coefficient (Wildman–Crippen LogP) is 1.61. The van der Waals surface area contributed by atoms with E-state index in [1.165, 1.54) is 6.42 Å². The highest BCUT2D eigenvalue weighted by Gasteiger charge is 2.24. The summed E-state index contributed by atoms with van der Waals surface area (Å²) >= 11 is 0. The highest BCUT2D eigenvalue weighted by molar-refractivity contribution is 5.85. The van der Waals surface area contributed by atoms with Gasteiger partial charge in [-0.25, -0.2) is 0 Å². The molecule has 1 aliphatic heterocycles. The number of amides is 1. The standard InChI is InChI=1S/C13H25N3O2/c1-3-4-5-8-14-13(17)11(2)16-9-6-12(15-18)7-10-16/h11,18H,3-10H2,1-2H3,(H,14,17). The van der Waals surface area contributed by atoms with E-state index in [0.717, 1.165) is 51.0 Å². The van der Waals surface area contributed by atoms with E-state index in [-0.39, 0.29) is 11.9 Å². The molecule has 0 spiro atoms. The third kappa shape index (κ3) is 4.64. The number of likely N-dealkylation sites (tertiary alicyclic amines) is 1. The number of oxime groups is 1. The SMILES string of the molecule is CCCCCNC(=O)C(C)N1CCC(=NO)CC1. The first-order valence-electron chi connectivity index (χ1n) is 6.90. The molecule has 0 radical (unpaired) electrons. The first-order valence-corrected chi connectivity index (χ1v) is 6.90. The second-order valence-corrected chi connectivity index (χ2v) is 4.88. The Balaban J connectivity index is 2.26. The van der Waals surface area contributed by atoms with E-state index in [4.69, 9.17) is 5.21 Å². The second kappa shape index (κ2) is 8.08. The molecule has 0 saturated carbocycles. The number of nitrogens with one attached hydrogen (secondary N) is 1. The van der Waals surface area contributed by atoms with E-state index in [9.17, 15) is 4.79 Å². The molecule has 104 valence electrons. The van der Waals surface area contributed by atoms with Gasteiger partial charge in [-0.2, -0.15) is 0 Å². The van der Waals surface area contributed by atoms with E-state index in [1.807, 2.05) is 6.92 Å². The predicted molar refractivity (Wildman–Crippen MR) is 72.0 cm³/mol. The summed E-state index contributed by atoms with van der Waals surface area (Å²) in [4.78, 5) is 14.1. The minimum absolute atomic E-state index is 0.0909. The van der Waals surface area contributed by atoms with Crippen LogP contribution in [0.25, 0.3) is 0 Å². The number of nitrogens with zero attached hydrogens (tertiary/aromatic N) is 2. The van der Waals surface area contributed by atoms with Gasteiger partial charge in [-0.1, -0.05) is 24.9 Å². The average molecular weight is 255 g/mol. The van der Waals surface area contributed by atoms with Crippen LogP contribution in [0.15, 0.2) is 5.16 Å². The first-order chi connectivity index (χ1) is 8.69. The van der Waals surface area contributed by atoms with Crippen LogP contribution in [0.1, 0.15) is 46.0 Å². The minimum atomic E-state index is -0.0909. The molecule has 1 amide bonds. The zero-order valence-electron chi connectivity index (χ0n) is 11.5. The van der Waals surface area contributed by atoms with Gasteiger partial charge < -0.3 is 10.5 Å². The molecule has 0 aromatic rings. The fourth-order valence-electron chi connectivity index (χ4n) is 2.17. The summed E-state index contributed by atoms with van der Waals surface area (Å²) in [5.74, 6) is 0.107. The van der Waals surface area contributed by atoms with E-state index in [0.29, 0.717) is 0 Å². The molecule has 5 nitrogen and oxygen atoms in total. The Labute approximate surface area is 109 Å². The van der Waals surface area contributed by atoms with Crippen molar-refractivity contribution in [3.8, 4) is 0 Å². The maximum Gasteiger partial charge on any atom is 0.237 e. The summed E-state index contributed by atoms with van der Waals surface area (Å²) in [7, 11) is 0. The minimum Gasteiger partial charge on any atom is -0.411 e.